The Labute approximate surface area is 67.5 Å². The molecule has 62 valence electrons. The molecule has 0 spiro atoms. The zero-order valence-corrected chi connectivity index (χ0v) is 6.79. The third-order valence-corrected chi connectivity index (χ3v) is 1.26. The molecule has 0 aromatic heterocycles. The van der Waals surface area contributed by atoms with E-state index in [0.29, 0.717) is 0 Å². The molecule has 0 aliphatic rings. The predicted octanol–water partition coefficient (Wildman–Crippen LogP) is 1.29. The van der Waals surface area contributed by atoms with E-state index in [2.05, 4.69) is 13.2 Å². The molecule has 0 radical (unpaired) electrons. The van der Waals surface area contributed by atoms with Gasteiger partial charge in [-0.3, -0.25) is 0 Å². The monoisotopic (exact) mass is 154 g/mol. The first-order valence-electron chi connectivity index (χ1n) is 3.38. The molecule has 0 aliphatic carbocycles. The maximum atomic E-state index is 9.33. The molecule has 0 amide bonds. The fourth-order valence-electron chi connectivity index (χ4n) is 0.705. The lowest BCUT2D eigenvalue weighted by Crippen LogP contribution is -2.15. The third-order valence-electron chi connectivity index (χ3n) is 1.26. The highest BCUT2D eigenvalue weighted by Crippen LogP contribution is 2.03. The van der Waals surface area contributed by atoms with E-state index >= 15 is 0 Å². The van der Waals surface area contributed by atoms with Gasteiger partial charge in [0.25, 0.3) is 0 Å². The molecule has 2 heteroatoms. The van der Waals surface area contributed by atoms with Crippen molar-refractivity contribution in [2.45, 2.75) is 6.10 Å². The molecular weight excluding hydrogens is 140 g/mol. The first-order chi connectivity index (χ1) is 5.26. The minimum atomic E-state index is -0.601. The summed E-state index contributed by atoms with van der Waals surface area (Å²) >= 11 is 0. The van der Waals surface area contributed by atoms with Crippen molar-refractivity contribution in [2.75, 3.05) is 13.7 Å². The lowest BCUT2D eigenvalue weighted by molar-refractivity contribution is 0.0885. The number of hydrogen-bond donors (Lipinski definition) is 1. The summed E-state index contributed by atoms with van der Waals surface area (Å²) in [5.41, 5.74) is 0.724. The molecule has 1 N–H and O–H groups in total. The van der Waals surface area contributed by atoms with E-state index in [0.717, 1.165) is 5.57 Å². The van der Waals surface area contributed by atoms with Crippen LogP contribution in [0.25, 0.3) is 0 Å². The van der Waals surface area contributed by atoms with Gasteiger partial charge in [0.2, 0.25) is 0 Å². The van der Waals surface area contributed by atoms with Crippen LogP contribution in [0.15, 0.2) is 37.0 Å². The second-order valence-corrected chi connectivity index (χ2v) is 2.08. The van der Waals surface area contributed by atoms with Gasteiger partial charge in [0.1, 0.15) is 6.10 Å². The van der Waals surface area contributed by atoms with E-state index in [1.807, 2.05) is 0 Å². The zero-order chi connectivity index (χ0) is 8.69. The molecule has 0 saturated heterocycles. The summed E-state index contributed by atoms with van der Waals surface area (Å²) < 4.78 is 4.76. The zero-order valence-electron chi connectivity index (χ0n) is 6.79. The van der Waals surface area contributed by atoms with Gasteiger partial charge in [-0.05, 0) is 5.57 Å². The van der Waals surface area contributed by atoms with Crippen LogP contribution in [0.3, 0.4) is 0 Å². The standard InChI is InChI=1S/C9H14O2/c1-4-6-8(5-2)9(10)7-11-3/h4-6,9-10H,1-2,7H2,3H3/b8-6+. The van der Waals surface area contributed by atoms with Gasteiger partial charge in [0, 0.05) is 7.11 Å². The topological polar surface area (TPSA) is 29.5 Å². The van der Waals surface area contributed by atoms with E-state index in [1.54, 1.807) is 18.2 Å². The van der Waals surface area contributed by atoms with Gasteiger partial charge < -0.3 is 9.84 Å². The second-order valence-electron chi connectivity index (χ2n) is 2.08. The largest absolute Gasteiger partial charge is 0.386 e. The van der Waals surface area contributed by atoms with Gasteiger partial charge in [-0.2, -0.15) is 0 Å². The van der Waals surface area contributed by atoms with Crippen molar-refractivity contribution in [1.82, 2.24) is 0 Å². The maximum Gasteiger partial charge on any atom is 0.102 e. The average molecular weight is 154 g/mol. The molecule has 2 nitrogen and oxygen atoms in total. The molecule has 1 unspecified atom stereocenters. The number of allylic oxidation sites excluding steroid dienone is 2. The molecule has 0 aliphatic heterocycles. The molecule has 0 bridgehead atoms. The van der Waals surface area contributed by atoms with Crippen LogP contribution in [0, 0.1) is 0 Å². The SMILES string of the molecule is C=C/C=C(\C=C)C(O)COC. The number of rotatable bonds is 5. The Morgan fingerprint density at radius 3 is 2.64 bits per heavy atom. The van der Waals surface area contributed by atoms with Gasteiger partial charge in [0.05, 0.1) is 6.61 Å². The van der Waals surface area contributed by atoms with E-state index < -0.39 is 6.10 Å². The highest BCUT2D eigenvalue weighted by Gasteiger charge is 2.04. The van der Waals surface area contributed by atoms with Crippen molar-refractivity contribution >= 4 is 0 Å². The van der Waals surface area contributed by atoms with E-state index in [1.165, 1.54) is 7.11 Å². The molecule has 1 atom stereocenters. The number of aliphatic hydroxyl groups is 1. The van der Waals surface area contributed by atoms with Crippen molar-refractivity contribution < 1.29 is 9.84 Å². The van der Waals surface area contributed by atoms with E-state index in [4.69, 9.17) is 4.74 Å². The normalized spacial score (nSPS) is 14.2. The Kier molecular flexibility index (Phi) is 5.43. The predicted molar refractivity (Wildman–Crippen MR) is 46.4 cm³/mol. The van der Waals surface area contributed by atoms with E-state index in [-0.39, 0.29) is 6.61 Å². The minimum absolute atomic E-state index is 0.283. The lowest BCUT2D eigenvalue weighted by Gasteiger charge is -2.09. The smallest absolute Gasteiger partial charge is 0.102 e. The third kappa shape index (κ3) is 3.75. The van der Waals surface area contributed by atoms with Crippen LogP contribution in [0.5, 0.6) is 0 Å². The first-order valence-corrected chi connectivity index (χ1v) is 3.38. The highest BCUT2D eigenvalue weighted by molar-refractivity contribution is 5.24. The van der Waals surface area contributed by atoms with Gasteiger partial charge in [-0.1, -0.05) is 31.4 Å². The van der Waals surface area contributed by atoms with Crippen LogP contribution in [0.2, 0.25) is 0 Å². The number of ether oxygens (including phenoxy) is 1. The molecule has 11 heavy (non-hydrogen) atoms. The summed E-state index contributed by atoms with van der Waals surface area (Å²) in [5.74, 6) is 0. The molecule has 0 rings (SSSR count). The number of aliphatic hydroxyl groups excluding tert-OH is 1. The van der Waals surface area contributed by atoms with Crippen molar-refractivity contribution in [2.24, 2.45) is 0 Å². The fourth-order valence-corrected chi connectivity index (χ4v) is 0.705. The molecule has 0 saturated carbocycles. The summed E-state index contributed by atoms with van der Waals surface area (Å²) in [7, 11) is 1.54. The maximum absolute atomic E-state index is 9.33. The molecule has 0 heterocycles. The van der Waals surface area contributed by atoms with Gasteiger partial charge in [-0.25, -0.2) is 0 Å². The van der Waals surface area contributed by atoms with Gasteiger partial charge >= 0.3 is 0 Å². The Bertz CT molecular complexity index is 159. The Balaban J connectivity index is 4.12. The van der Waals surface area contributed by atoms with Crippen LogP contribution in [-0.2, 0) is 4.74 Å². The first kappa shape index (κ1) is 10.1. The summed E-state index contributed by atoms with van der Waals surface area (Å²) in [5, 5.41) is 9.33. The average Bonchev–Trinajstić information content (AvgIpc) is 2.00. The highest BCUT2D eigenvalue weighted by atomic mass is 16.5. The van der Waals surface area contributed by atoms with Crippen molar-refractivity contribution in [3.63, 3.8) is 0 Å². The summed E-state index contributed by atoms with van der Waals surface area (Å²) in [4.78, 5) is 0. The summed E-state index contributed by atoms with van der Waals surface area (Å²) in [6.45, 7) is 7.35. The van der Waals surface area contributed by atoms with Crippen molar-refractivity contribution in [1.29, 1.82) is 0 Å². The second kappa shape index (κ2) is 5.89. The Morgan fingerprint density at radius 1 is 1.64 bits per heavy atom. The Morgan fingerprint density at radius 2 is 2.27 bits per heavy atom. The quantitative estimate of drug-likeness (QED) is 0.605. The minimum Gasteiger partial charge on any atom is -0.386 e. The van der Waals surface area contributed by atoms with E-state index in [9.17, 15) is 5.11 Å². The van der Waals surface area contributed by atoms with Crippen molar-refractivity contribution in [3.8, 4) is 0 Å². The molecular formula is C9H14O2. The van der Waals surface area contributed by atoms with Gasteiger partial charge in [-0.15, -0.1) is 0 Å². The molecule has 0 aromatic rings. The summed E-state index contributed by atoms with van der Waals surface area (Å²) in [6.07, 6.45) is 4.30. The van der Waals surface area contributed by atoms with Crippen LogP contribution in [0.4, 0.5) is 0 Å². The number of methoxy groups -OCH3 is 1. The van der Waals surface area contributed by atoms with Crippen LogP contribution >= 0.6 is 0 Å². The van der Waals surface area contributed by atoms with Crippen LogP contribution in [-0.4, -0.2) is 24.9 Å². The van der Waals surface area contributed by atoms with Crippen LogP contribution in [0.1, 0.15) is 0 Å². The van der Waals surface area contributed by atoms with Gasteiger partial charge in [0.15, 0.2) is 0 Å². The van der Waals surface area contributed by atoms with Crippen molar-refractivity contribution in [3.05, 3.63) is 37.0 Å². The molecule has 0 fully saturated rings. The lowest BCUT2D eigenvalue weighted by atomic mass is 10.1. The fraction of sp³-hybridized carbons (Fsp3) is 0.333. The number of hydrogen-bond acceptors (Lipinski definition) is 2. The Hall–Kier alpha value is -0.860. The molecule has 0 aromatic carbocycles. The summed E-state index contributed by atoms with van der Waals surface area (Å²) in [6, 6.07) is 0. The van der Waals surface area contributed by atoms with Crippen LogP contribution < -0.4 is 0 Å².